The summed E-state index contributed by atoms with van der Waals surface area (Å²) in [5.74, 6) is -0.515. The molecule has 2 rings (SSSR count). The molecule has 0 saturated carbocycles. The summed E-state index contributed by atoms with van der Waals surface area (Å²) in [6, 6.07) is 5.70. The average molecular weight is 282 g/mol. The quantitative estimate of drug-likeness (QED) is 0.614. The highest BCUT2D eigenvalue weighted by molar-refractivity contribution is 8.27. The molecule has 1 aliphatic rings. The smallest absolute Gasteiger partial charge is 0.272 e. The zero-order valence-electron chi connectivity index (χ0n) is 9.88. The summed E-state index contributed by atoms with van der Waals surface area (Å²) in [7, 11) is 3.68. The normalized spacial score (nSPS) is 17.7. The second-order valence-electron chi connectivity index (χ2n) is 3.94. The first-order valence-electron chi connectivity index (χ1n) is 5.19. The van der Waals surface area contributed by atoms with E-state index in [1.165, 1.54) is 28.8 Å². The summed E-state index contributed by atoms with van der Waals surface area (Å²) in [6.45, 7) is 0. The predicted octanol–water partition coefficient (Wildman–Crippen LogP) is 2.59. The van der Waals surface area contributed by atoms with Crippen molar-refractivity contribution in [2.24, 2.45) is 0 Å². The van der Waals surface area contributed by atoms with Gasteiger partial charge in [-0.1, -0.05) is 24.0 Å². The Balaban J connectivity index is 2.32. The molecule has 0 spiro atoms. The van der Waals surface area contributed by atoms with Crippen LogP contribution < -0.4 is 4.90 Å². The Labute approximate surface area is 114 Å². The van der Waals surface area contributed by atoms with Crippen molar-refractivity contribution in [1.29, 1.82) is 0 Å². The molecule has 1 aliphatic heterocycles. The SMILES string of the molecule is CN(C)/C=C1/SC(=S)N(c2ccc(F)cc2)C1=O. The van der Waals surface area contributed by atoms with Crippen molar-refractivity contribution in [3.63, 3.8) is 0 Å². The van der Waals surface area contributed by atoms with Crippen LogP contribution in [0.4, 0.5) is 10.1 Å². The standard InChI is InChI=1S/C12H11FN2OS2/c1-14(2)7-10-11(16)15(12(17)18-10)9-5-3-8(13)4-6-9/h3-7H,1-2H3/b10-7+. The van der Waals surface area contributed by atoms with Gasteiger partial charge in [-0.05, 0) is 24.3 Å². The van der Waals surface area contributed by atoms with Crippen LogP contribution in [0.1, 0.15) is 0 Å². The zero-order chi connectivity index (χ0) is 13.3. The third-order valence-electron chi connectivity index (χ3n) is 2.25. The second-order valence-corrected chi connectivity index (χ2v) is 5.62. The molecule has 1 saturated heterocycles. The van der Waals surface area contributed by atoms with E-state index in [1.807, 2.05) is 14.1 Å². The minimum absolute atomic E-state index is 0.176. The summed E-state index contributed by atoms with van der Waals surface area (Å²) in [5, 5.41) is 0. The van der Waals surface area contributed by atoms with Gasteiger partial charge in [-0.2, -0.15) is 0 Å². The summed E-state index contributed by atoms with van der Waals surface area (Å²) in [5.41, 5.74) is 0.584. The molecule has 0 bridgehead atoms. The number of amides is 1. The highest BCUT2D eigenvalue weighted by Crippen LogP contribution is 2.34. The van der Waals surface area contributed by atoms with Gasteiger partial charge in [-0.25, -0.2) is 4.39 Å². The first kappa shape index (κ1) is 13.0. The Morgan fingerprint density at radius 3 is 2.50 bits per heavy atom. The fourth-order valence-corrected chi connectivity index (χ4v) is 2.87. The molecule has 0 atom stereocenters. The van der Waals surface area contributed by atoms with Crippen LogP contribution in [0.3, 0.4) is 0 Å². The van der Waals surface area contributed by atoms with Gasteiger partial charge >= 0.3 is 0 Å². The molecule has 3 nitrogen and oxygen atoms in total. The van der Waals surface area contributed by atoms with Crippen molar-refractivity contribution in [2.75, 3.05) is 19.0 Å². The van der Waals surface area contributed by atoms with Crippen molar-refractivity contribution in [3.05, 3.63) is 41.2 Å². The fourth-order valence-electron chi connectivity index (χ4n) is 1.51. The topological polar surface area (TPSA) is 23.6 Å². The van der Waals surface area contributed by atoms with Gasteiger partial charge < -0.3 is 4.90 Å². The van der Waals surface area contributed by atoms with Gasteiger partial charge in [0.1, 0.15) is 5.82 Å². The lowest BCUT2D eigenvalue weighted by Crippen LogP contribution is -2.27. The first-order chi connectivity index (χ1) is 8.49. The van der Waals surface area contributed by atoms with Crippen LogP contribution in [-0.2, 0) is 4.79 Å². The van der Waals surface area contributed by atoms with E-state index in [0.29, 0.717) is 14.9 Å². The molecule has 0 aliphatic carbocycles. The second kappa shape index (κ2) is 5.07. The molecule has 1 aromatic carbocycles. The average Bonchev–Trinajstić information content (AvgIpc) is 2.55. The van der Waals surface area contributed by atoms with E-state index in [4.69, 9.17) is 12.2 Å². The third-order valence-corrected chi connectivity index (χ3v) is 3.54. The first-order valence-corrected chi connectivity index (χ1v) is 6.41. The number of thiocarbonyl (C=S) groups is 1. The van der Waals surface area contributed by atoms with Gasteiger partial charge in [-0.15, -0.1) is 0 Å². The minimum Gasteiger partial charge on any atom is -0.382 e. The number of anilines is 1. The molecule has 1 fully saturated rings. The van der Waals surface area contributed by atoms with Crippen LogP contribution in [0.25, 0.3) is 0 Å². The van der Waals surface area contributed by atoms with Gasteiger partial charge in [0.2, 0.25) is 0 Å². The molecular weight excluding hydrogens is 271 g/mol. The molecule has 0 N–H and O–H groups in total. The van der Waals surface area contributed by atoms with E-state index in [1.54, 1.807) is 23.2 Å². The molecule has 18 heavy (non-hydrogen) atoms. The number of carbonyl (C=O) groups is 1. The lowest BCUT2D eigenvalue weighted by Gasteiger charge is -2.14. The van der Waals surface area contributed by atoms with Crippen LogP contribution in [0.5, 0.6) is 0 Å². The molecule has 0 radical (unpaired) electrons. The summed E-state index contributed by atoms with van der Waals surface area (Å²) >= 11 is 6.42. The fraction of sp³-hybridized carbons (Fsp3) is 0.167. The summed E-state index contributed by atoms with van der Waals surface area (Å²) < 4.78 is 13.3. The van der Waals surface area contributed by atoms with E-state index in [2.05, 4.69) is 0 Å². The lowest BCUT2D eigenvalue weighted by atomic mass is 10.3. The number of carbonyl (C=O) groups excluding carboxylic acids is 1. The van der Waals surface area contributed by atoms with Crippen molar-refractivity contribution < 1.29 is 9.18 Å². The molecule has 1 amide bonds. The highest BCUT2D eigenvalue weighted by Gasteiger charge is 2.33. The lowest BCUT2D eigenvalue weighted by molar-refractivity contribution is -0.113. The number of nitrogens with zero attached hydrogens (tertiary/aromatic N) is 2. The number of thioether (sulfide) groups is 1. The van der Waals surface area contributed by atoms with Crippen LogP contribution >= 0.6 is 24.0 Å². The van der Waals surface area contributed by atoms with E-state index < -0.39 is 0 Å². The molecular formula is C12H11FN2OS2. The minimum atomic E-state index is -0.340. The largest absolute Gasteiger partial charge is 0.382 e. The van der Waals surface area contributed by atoms with Gasteiger partial charge in [0.15, 0.2) is 4.32 Å². The highest BCUT2D eigenvalue weighted by atomic mass is 32.2. The van der Waals surface area contributed by atoms with Gasteiger partial charge in [-0.3, -0.25) is 9.69 Å². The Morgan fingerprint density at radius 1 is 1.33 bits per heavy atom. The number of rotatable bonds is 2. The van der Waals surface area contributed by atoms with Crippen LogP contribution in [0.2, 0.25) is 0 Å². The van der Waals surface area contributed by atoms with Gasteiger partial charge in [0, 0.05) is 20.3 Å². The monoisotopic (exact) mass is 282 g/mol. The summed E-state index contributed by atoms with van der Waals surface area (Å²) in [4.78, 5) is 15.9. The van der Waals surface area contributed by atoms with Crippen LogP contribution in [0, 0.1) is 5.82 Å². The number of hydrogen-bond donors (Lipinski definition) is 0. The molecule has 0 unspecified atom stereocenters. The van der Waals surface area contributed by atoms with Crippen molar-refractivity contribution in [3.8, 4) is 0 Å². The maximum Gasteiger partial charge on any atom is 0.272 e. The Hall–Kier alpha value is -1.40. The summed E-state index contributed by atoms with van der Waals surface area (Å²) in [6.07, 6.45) is 1.73. The molecule has 1 aromatic rings. The Bertz CT molecular complexity index is 525. The zero-order valence-corrected chi connectivity index (χ0v) is 11.5. The van der Waals surface area contributed by atoms with E-state index in [0.717, 1.165) is 0 Å². The third kappa shape index (κ3) is 2.54. The predicted molar refractivity (Wildman–Crippen MR) is 75.8 cm³/mol. The van der Waals surface area contributed by atoms with Crippen molar-refractivity contribution >= 4 is 39.9 Å². The van der Waals surface area contributed by atoms with E-state index in [-0.39, 0.29) is 11.7 Å². The maximum atomic E-state index is 12.9. The molecule has 0 aromatic heterocycles. The molecule has 6 heteroatoms. The number of hydrogen-bond acceptors (Lipinski definition) is 4. The maximum absolute atomic E-state index is 12.9. The Kier molecular flexibility index (Phi) is 3.68. The number of benzene rings is 1. The number of halogens is 1. The molecule has 94 valence electrons. The van der Waals surface area contributed by atoms with Crippen molar-refractivity contribution in [1.82, 2.24) is 4.90 Å². The van der Waals surface area contributed by atoms with Crippen LogP contribution in [-0.4, -0.2) is 29.2 Å². The Morgan fingerprint density at radius 2 is 1.94 bits per heavy atom. The van der Waals surface area contributed by atoms with Gasteiger partial charge in [0.25, 0.3) is 5.91 Å². The van der Waals surface area contributed by atoms with E-state index >= 15 is 0 Å². The van der Waals surface area contributed by atoms with Gasteiger partial charge in [0.05, 0.1) is 10.6 Å². The van der Waals surface area contributed by atoms with Crippen LogP contribution in [0.15, 0.2) is 35.4 Å². The van der Waals surface area contributed by atoms with E-state index in [9.17, 15) is 9.18 Å². The van der Waals surface area contributed by atoms with Crippen molar-refractivity contribution in [2.45, 2.75) is 0 Å². The molecule has 1 heterocycles.